The summed E-state index contributed by atoms with van der Waals surface area (Å²) in [6.07, 6.45) is 2.48. The highest BCUT2D eigenvalue weighted by atomic mass is 79.9. The van der Waals surface area contributed by atoms with Crippen molar-refractivity contribution in [1.82, 2.24) is 5.32 Å². The Morgan fingerprint density at radius 2 is 2.29 bits per heavy atom. The number of halogens is 2. The third-order valence-corrected chi connectivity index (χ3v) is 3.53. The van der Waals surface area contributed by atoms with Crippen LogP contribution in [0.2, 0.25) is 5.02 Å². The minimum Gasteiger partial charge on any atom is -0.316 e. The monoisotopic (exact) mass is 273 g/mol. The van der Waals surface area contributed by atoms with Crippen molar-refractivity contribution in [3.05, 3.63) is 33.3 Å². The summed E-state index contributed by atoms with van der Waals surface area (Å²) in [5.74, 6) is 0.578. The fourth-order valence-corrected chi connectivity index (χ4v) is 2.60. The molecule has 1 heterocycles. The number of benzene rings is 1. The maximum absolute atomic E-state index is 6.18. The molecule has 1 N–H and O–H groups in total. The molecule has 1 aliphatic heterocycles. The Morgan fingerprint density at radius 3 is 3.00 bits per heavy atom. The molecular formula is C11H13BrClN. The SMILES string of the molecule is Clc1ccc(Br)cc1[C@@H]1CCCNC1. The van der Waals surface area contributed by atoms with Crippen molar-refractivity contribution in [1.29, 1.82) is 0 Å². The molecule has 1 nitrogen and oxygen atoms in total. The first-order valence-corrected chi connectivity index (χ1v) is 6.10. The van der Waals surface area contributed by atoms with Crippen LogP contribution in [-0.4, -0.2) is 13.1 Å². The molecule has 0 unspecified atom stereocenters. The van der Waals surface area contributed by atoms with Gasteiger partial charge in [0, 0.05) is 16.0 Å². The second-order valence-electron chi connectivity index (χ2n) is 3.71. The van der Waals surface area contributed by atoms with Gasteiger partial charge in [-0.15, -0.1) is 0 Å². The molecule has 0 aromatic heterocycles. The van der Waals surface area contributed by atoms with Crippen LogP contribution in [0.4, 0.5) is 0 Å². The van der Waals surface area contributed by atoms with Gasteiger partial charge >= 0.3 is 0 Å². The predicted octanol–water partition coefficient (Wildman–Crippen LogP) is 3.57. The lowest BCUT2D eigenvalue weighted by Crippen LogP contribution is -2.28. The molecule has 3 heteroatoms. The van der Waals surface area contributed by atoms with Gasteiger partial charge in [-0.25, -0.2) is 0 Å². The van der Waals surface area contributed by atoms with Gasteiger partial charge in [0.25, 0.3) is 0 Å². The molecule has 2 rings (SSSR count). The third-order valence-electron chi connectivity index (χ3n) is 2.69. The molecule has 0 amide bonds. The smallest absolute Gasteiger partial charge is 0.0442 e. The van der Waals surface area contributed by atoms with Crippen LogP contribution in [0, 0.1) is 0 Å². The molecule has 0 saturated carbocycles. The summed E-state index contributed by atoms with van der Waals surface area (Å²) in [5, 5.41) is 4.30. The maximum Gasteiger partial charge on any atom is 0.0442 e. The average molecular weight is 275 g/mol. The fraction of sp³-hybridized carbons (Fsp3) is 0.455. The van der Waals surface area contributed by atoms with Crippen LogP contribution >= 0.6 is 27.5 Å². The molecule has 0 spiro atoms. The van der Waals surface area contributed by atoms with Gasteiger partial charge in [0.15, 0.2) is 0 Å². The van der Waals surface area contributed by atoms with Crippen molar-refractivity contribution in [3.8, 4) is 0 Å². The Kier molecular flexibility index (Phi) is 3.47. The molecule has 1 atom stereocenters. The highest BCUT2D eigenvalue weighted by Gasteiger charge is 2.17. The summed E-state index contributed by atoms with van der Waals surface area (Å²) in [5.41, 5.74) is 1.27. The van der Waals surface area contributed by atoms with Crippen LogP contribution < -0.4 is 5.32 Å². The van der Waals surface area contributed by atoms with Crippen molar-refractivity contribution in [3.63, 3.8) is 0 Å². The minimum absolute atomic E-state index is 0.578. The molecule has 1 aromatic carbocycles. The van der Waals surface area contributed by atoms with Gasteiger partial charge in [0.2, 0.25) is 0 Å². The number of nitrogens with one attached hydrogen (secondary N) is 1. The van der Waals surface area contributed by atoms with E-state index in [9.17, 15) is 0 Å². The lowest BCUT2D eigenvalue weighted by atomic mass is 9.92. The first-order chi connectivity index (χ1) is 6.77. The van der Waals surface area contributed by atoms with Crippen LogP contribution in [0.15, 0.2) is 22.7 Å². The standard InChI is InChI=1S/C11H13BrClN/c12-9-3-4-11(13)10(6-9)8-2-1-5-14-7-8/h3-4,6,8,14H,1-2,5,7H2/t8-/m1/s1. The van der Waals surface area contributed by atoms with Gasteiger partial charge in [0.05, 0.1) is 0 Å². The third kappa shape index (κ3) is 2.30. The van der Waals surface area contributed by atoms with E-state index < -0.39 is 0 Å². The highest BCUT2D eigenvalue weighted by Crippen LogP contribution is 2.31. The van der Waals surface area contributed by atoms with Gasteiger partial charge in [-0.05, 0) is 49.1 Å². The number of hydrogen-bond donors (Lipinski definition) is 1. The van der Waals surface area contributed by atoms with Crippen LogP contribution in [0.25, 0.3) is 0 Å². The second kappa shape index (κ2) is 4.65. The number of hydrogen-bond acceptors (Lipinski definition) is 1. The van der Waals surface area contributed by atoms with Crippen molar-refractivity contribution in [2.24, 2.45) is 0 Å². The zero-order valence-electron chi connectivity index (χ0n) is 7.89. The zero-order chi connectivity index (χ0) is 9.97. The van der Waals surface area contributed by atoms with Crippen LogP contribution in [0.3, 0.4) is 0 Å². The van der Waals surface area contributed by atoms with E-state index in [1.54, 1.807) is 0 Å². The molecular weight excluding hydrogens is 261 g/mol. The van der Waals surface area contributed by atoms with Crippen LogP contribution in [-0.2, 0) is 0 Å². The maximum atomic E-state index is 6.18. The van der Waals surface area contributed by atoms with Crippen LogP contribution in [0.5, 0.6) is 0 Å². The topological polar surface area (TPSA) is 12.0 Å². The number of rotatable bonds is 1. The van der Waals surface area contributed by atoms with E-state index in [1.807, 2.05) is 12.1 Å². The molecule has 1 aromatic rings. The Balaban J connectivity index is 2.24. The van der Waals surface area contributed by atoms with E-state index in [-0.39, 0.29) is 0 Å². The van der Waals surface area contributed by atoms with E-state index in [0.29, 0.717) is 5.92 Å². The largest absolute Gasteiger partial charge is 0.316 e. The molecule has 14 heavy (non-hydrogen) atoms. The Hall–Kier alpha value is -0.0500. The zero-order valence-corrected chi connectivity index (χ0v) is 10.2. The van der Waals surface area contributed by atoms with Gasteiger partial charge in [0.1, 0.15) is 0 Å². The van der Waals surface area contributed by atoms with Gasteiger partial charge in [-0.2, -0.15) is 0 Å². The Labute approximate surface area is 98.0 Å². The van der Waals surface area contributed by atoms with E-state index in [1.165, 1.54) is 18.4 Å². The van der Waals surface area contributed by atoms with Gasteiger partial charge in [-0.1, -0.05) is 27.5 Å². The Morgan fingerprint density at radius 1 is 1.43 bits per heavy atom. The van der Waals surface area contributed by atoms with Crippen molar-refractivity contribution in [2.45, 2.75) is 18.8 Å². The summed E-state index contributed by atoms with van der Waals surface area (Å²) >= 11 is 9.66. The molecule has 0 bridgehead atoms. The molecule has 1 saturated heterocycles. The molecule has 76 valence electrons. The summed E-state index contributed by atoms with van der Waals surface area (Å²) in [7, 11) is 0. The van der Waals surface area contributed by atoms with Crippen molar-refractivity contribution < 1.29 is 0 Å². The lowest BCUT2D eigenvalue weighted by Gasteiger charge is -2.24. The van der Waals surface area contributed by atoms with E-state index in [0.717, 1.165) is 22.6 Å². The molecule has 1 aliphatic rings. The van der Waals surface area contributed by atoms with Crippen LogP contribution in [0.1, 0.15) is 24.3 Å². The molecule has 0 aliphatic carbocycles. The van der Waals surface area contributed by atoms with E-state index in [4.69, 9.17) is 11.6 Å². The van der Waals surface area contributed by atoms with E-state index in [2.05, 4.69) is 27.3 Å². The van der Waals surface area contributed by atoms with Crippen molar-refractivity contribution in [2.75, 3.05) is 13.1 Å². The number of piperidine rings is 1. The average Bonchev–Trinajstić information content (AvgIpc) is 2.23. The summed E-state index contributed by atoms with van der Waals surface area (Å²) < 4.78 is 1.11. The molecule has 0 radical (unpaired) electrons. The summed E-state index contributed by atoms with van der Waals surface area (Å²) in [6.45, 7) is 2.19. The highest BCUT2D eigenvalue weighted by molar-refractivity contribution is 9.10. The van der Waals surface area contributed by atoms with Gasteiger partial charge < -0.3 is 5.32 Å². The fourth-order valence-electron chi connectivity index (χ4n) is 1.94. The lowest BCUT2D eigenvalue weighted by molar-refractivity contribution is 0.461. The summed E-state index contributed by atoms with van der Waals surface area (Å²) in [6, 6.07) is 6.09. The minimum atomic E-state index is 0.578. The molecule has 1 fully saturated rings. The van der Waals surface area contributed by atoms with E-state index >= 15 is 0 Å². The normalized spacial score (nSPS) is 22.3. The second-order valence-corrected chi connectivity index (χ2v) is 5.03. The first kappa shape index (κ1) is 10.5. The summed E-state index contributed by atoms with van der Waals surface area (Å²) in [4.78, 5) is 0. The van der Waals surface area contributed by atoms with Gasteiger partial charge in [-0.3, -0.25) is 0 Å². The van der Waals surface area contributed by atoms with Crippen molar-refractivity contribution >= 4 is 27.5 Å². The first-order valence-electron chi connectivity index (χ1n) is 4.93. The Bertz CT molecular complexity index is 321. The predicted molar refractivity (Wildman–Crippen MR) is 64.0 cm³/mol. The quantitative estimate of drug-likeness (QED) is 0.825.